The molecule has 0 spiro atoms. The number of nitrogens with zero attached hydrogens (tertiary/aromatic N) is 1. The normalized spacial score (nSPS) is 11.1. The fourth-order valence-electron chi connectivity index (χ4n) is 3.07. The molecule has 0 aliphatic rings. The number of aryl methyl sites for hydroxylation is 1. The molecule has 0 aliphatic heterocycles. The summed E-state index contributed by atoms with van der Waals surface area (Å²) in [5, 5.41) is 2.69. The van der Waals surface area contributed by atoms with Gasteiger partial charge in [0.2, 0.25) is 5.91 Å². The van der Waals surface area contributed by atoms with Gasteiger partial charge in [0, 0.05) is 6.54 Å². The van der Waals surface area contributed by atoms with Crippen molar-refractivity contribution in [3.8, 4) is 5.75 Å². The minimum Gasteiger partial charge on any atom is -0.492 e. The second kappa shape index (κ2) is 10.3. The van der Waals surface area contributed by atoms with Gasteiger partial charge in [0.25, 0.3) is 10.0 Å². The third kappa shape index (κ3) is 5.64. The molecular weight excluding hydrogens is 431 g/mol. The number of para-hydroxylation sites is 2. The summed E-state index contributed by atoms with van der Waals surface area (Å²) in [6, 6.07) is 18.8. The van der Waals surface area contributed by atoms with Gasteiger partial charge in [-0.2, -0.15) is 0 Å². The first-order chi connectivity index (χ1) is 15.3. The molecule has 0 radical (unpaired) electrons. The molecule has 0 aliphatic carbocycles. The predicted octanol–water partition coefficient (Wildman–Crippen LogP) is 4.04. The van der Waals surface area contributed by atoms with Gasteiger partial charge in [-0.15, -0.1) is 0 Å². The van der Waals surface area contributed by atoms with E-state index in [0.29, 0.717) is 17.9 Å². The van der Waals surface area contributed by atoms with Gasteiger partial charge in [-0.1, -0.05) is 42.0 Å². The number of amides is 1. The van der Waals surface area contributed by atoms with E-state index in [1.54, 1.807) is 55.5 Å². The Morgan fingerprint density at radius 3 is 2.31 bits per heavy atom. The van der Waals surface area contributed by atoms with Crippen molar-refractivity contribution in [1.82, 2.24) is 5.32 Å². The van der Waals surface area contributed by atoms with Crippen LogP contribution in [0, 0.1) is 12.7 Å². The number of rotatable bonds is 9. The Bertz CT molecular complexity index is 1160. The average Bonchev–Trinajstić information content (AvgIpc) is 2.78. The monoisotopic (exact) mass is 456 g/mol. The van der Waals surface area contributed by atoms with Crippen molar-refractivity contribution in [2.45, 2.75) is 25.3 Å². The van der Waals surface area contributed by atoms with Crippen molar-refractivity contribution in [2.24, 2.45) is 0 Å². The number of carbonyl (C=O) groups excluding carboxylic acids is 1. The van der Waals surface area contributed by atoms with Gasteiger partial charge >= 0.3 is 0 Å². The molecule has 0 fully saturated rings. The van der Waals surface area contributed by atoms with Crippen LogP contribution in [0.4, 0.5) is 10.1 Å². The number of nitrogens with one attached hydrogen (secondary N) is 1. The highest BCUT2D eigenvalue weighted by molar-refractivity contribution is 7.92. The van der Waals surface area contributed by atoms with Crippen LogP contribution < -0.4 is 14.4 Å². The Morgan fingerprint density at radius 2 is 1.66 bits per heavy atom. The Morgan fingerprint density at radius 1 is 1.00 bits per heavy atom. The van der Waals surface area contributed by atoms with E-state index in [1.807, 2.05) is 6.92 Å². The third-order valence-electron chi connectivity index (χ3n) is 4.73. The topological polar surface area (TPSA) is 75.7 Å². The van der Waals surface area contributed by atoms with Crippen LogP contribution in [0.3, 0.4) is 0 Å². The van der Waals surface area contributed by atoms with Crippen molar-refractivity contribution >= 4 is 21.6 Å². The zero-order chi connectivity index (χ0) is 23.1. The second-order valence-corrected chi connectivity index (χ2v) is 8.99. The van der Waals surface area contributed by atoms with E-state index < -0.39 is 22.5 Å². The first kappa shape index (κ1) is 23.3. The minimum absolute atomic E-state index is 0.0701. The van der Waals surface area contributed by atoms with Gasteiger partial charge in [-0.25, -0.2) is 12.8 Å². The maximum Gasteiger partial charge on any atom is 0.264 e. The first-order valence-electron chi connectivity index (χ1n) is 10.1. The molecule has 0 atom stereocenters. The van der Waals surface area contributed by atoms with E-state index in [2.05, 4.69) is 5.32 Å². The van der Waals surface area contributed by atoms with Gasteiger partial charge in [0.1, 0.15) is 18.1 Å². The molecule has 1 N–H and O–H groups in total. The third-order valence-corrected chi connectivity index (χ3v) is 6.51. The van der Waals surface area contributed by atoms with E-state index in [-0.39, 0.29) is 22.9 Å². The zero-order valence-corrected chi connectivity index (χ0v) is 18.7. The molecule has 6 nitrogen and oxygen atoms in total. The van der Waals surface area contributed by atoms with Gasteiger partial charge in [-0.05, 0) is 55.8 Å². The average molecular weight is 457 g/mol. The van der Waals surface area contributed by atoms with Gasteiger partial charge in [0.05, 0.1) is 17.2 Å². The van der Waals surface area contributed by atoms with Crippen LogP contribution >= 0.6 is 0 Å². The van der Waals surface area contributed by atoms with Gasteiger partial charge in [0.15, 0.2) is 0 Å². The molecule has 0 aromatic heterocycles. The number of hydrogen-bond donors (Lipinski definition) is 1. The summed E-state index contributed by atoms with van der Waals surface area (Å²) in [4.78, 5) is 12.8. The molecule has 3 aromatic rings. The van der Waals surface area contributed by atoms with Crippen LogP contribution in [-0.4, -0.2) is 27.5 Å². The van der Waals surface area contributed by atoms with E-state index >= 15 is 0 Å². The summed E-state index contributed by atoms with van der Waals surface area (Å²) in [7, 11) is -4.05. The lowest BCUT2D eigenvalue weighted by molar-refractivity contribution is -0.119. The van der Waals surface area contributed by atoms with Crippen LogP contribution in [0.25, 0.3) is 0 Å². The molecule has 3 aromatic carbocycles. The largest absolute Gasteiger partial charge is 0.492 e. The fraction of sp³-hybridized carbons (Fsp3) is 0.208. The summed E-state index contributed by atoms with van der Waals surface area (Å²) in [5.41, 5.74) is 1.89. The Balaban J connectivity index is 1.91. The fourth-order valence-corrected chi connectivity index (χ4v) is 4.50. The molecule has 0 saturated heterocycles. The molecule has 32 heavy (non-hydrogen) atoms. The highest BCUT2D eigenvalue weighted by Crippen LogP contribution is 2.32. The molecule has 0 unspecified atom stereocenters. The van der Waals surface area contributed by atoms with E-state index in [4.69, 9.17) is 4.74 Å². The molecule has 8 heteroatoms. The Hall–Kier alpha value is -3.39. The number of hydrogen-bond acceptors (Lipinski definition) is 4. The van der Waals surface area contributed by atoms with E-state index in [9.17, 15) is 17.6 Å². The lowest BCUT2D eigenvalue weighted by atomic mass is 10.2. The standard InChI is InChI=1S/C24H25FN2O4S/c1-3-31-23-7-5-4-6-22(23)27(32(29,30)21-14-8-18(2)9-15-21)17-24(28)26-16-19-10-12-20(25)13-11-19/h4-15H,3,16-17H2,1-2H3,(H,26,28). The summed E-state index contributed by atoms with van der Waals surface area (Å²) in [5.74, 6) is -0.517. The highest BCUT2D eigenvalue weighted by Gasteiger charge is 2.29. The molecule has 0 saturated carbocycles. The number of sulfonamides is 1. The highest BCUT2D eigenvalue weighted by atomic mass is 32.2. The van der Waals surface area contributed by atoms with Crippen LogP contribution in [0.2, 0.25) is 0 Å². The summed E-state index contributed by atoms with van der Waals surface area (Å²) >= 11 is 0. The molecule has 3 rings (SSSR count). The number of halogens is 1. The van der Waals surface area contributed by atoms with Crippen LogP contribution in [-0.2, 0) is 21.4 Å². The van der Waals surface area contributed by atoms with Crippen molar-refractivity contribution in [3.63, 3.8) is 0 Å². The van der Waals surface area contributed by atoms with E-state index in [1.165, 1.54) is 24.3 Å². The maximum absolute atomic E-state index is 13.5. The van der Waals surface area contributed by atoms with Crippen LogP contribution in [0.1, 0.15) is 18.1 Å². The second-order valence-electron chi connectivity index (χ2n) is 7.13. The van der Waals surface area contributed by atoms with Gasteiger partial charge in [-0.3, -0.25) is 9.10 Å². The SMILES string of the molecule is CCOc1ccccc1N(CC(=O)NCc1ccc(F)cc1)S(=O)(=O)c1ccc(C)cc1. The molecular formula is C24H25FN2O4S. The lowest BCUT2D eigenvalue weighted by Gasteiger charge is -2.26. The Labute approximate surface area is 187 Å². The number of anilines is 1. The lowest BCUT2D eigenvalue weighted by Crippen LogP contribution is -2.40. The number of carbonyl (C=O) groups is 1. The molecule has 0 bridgehead atoms. The quantitative estimate of drug-likeness (QED) is 0.527. The smallest absolute Gasteiger partial charge is 0.264 e. The number of benzene rings is 3. The Kier molecular flexibility index (Phi) is 7.48. The zero-order valence-electron chi connectivity index (χ0n) is 17.9. The van der Waals surface area contributed by atoms with Crippen molar-refractivity contribution in [2.75, 3.05) is 17.5 Å². The predicted molar refractivity (Wildman–Crippen MR) is 122 cm³/mol. The summed E-state index contributed by atoms with van der Waals surface area (Å²) in [6.45, 7) is 3.70. The van der Waals surface area contributed by atoms with Crippen molar-refractivity contribution in [3.05, 3.63) is 89.7 Å². The first-order valence-corrected chi connectivity index (χ1v) is 11.6. The van der Waals surface area contributed by atoms with Crippen LogP contribution in [0.15, 0.2) is 77.7 Å². The van der Waals surface area contributed by atoms with Crippen molar-refractivity contribution in [1.29, 1.82) is 0 Å². The minimum atomic E-state index is -4.05. The summed E-state index contributed by atoms with van der Waals surface area (Å²) < 4.78 is 46.7. The maximum atomic E-state index is 13.5. The molecule has 1 amide bonds. The summed E-state index contributed by atoms with van der Waals surface area (Å²) in [6.07, 6.45) is 0. The molecule has 168 valence electrons. The molecule has 0 heterocycles. The van der Waals surface area contributed by atoms with Gasteiger partial charge < -0.3 is 10.1 Å². The van der Waals surface area contributed by atoms with Crippen molar-refractivity contribution < 1.29 is 22.3 Å². The number of ether oxygens (including phenoxy) is 1. The van der Waals surface area contributed by atoms with E-state index in [0.717, 1.165) is 9.87 Å². The van der Waals surface area contributed by atoms with Crippen LogP contribution in [0.5, 0.6) is 5.75 Å².